The summed E-state index contributed by atoms with van der Waals surface area (Å²) in [5.74, 6) is 1.90. The predicted octanol–water partition coefficient (Wildman–Crippen LogP) is 4.81. The van der Waals surface area contributed by atoms with E-state index in [1.807, 2.05) is 26.8 Å². The third-order valence-electron chi connectivity index (χ3n) is 2.97. The van der Waals surface area contributed by atoms with E-state index < -0.39 is 0 Å². The Morgan fingerprint density at radius 1 is 1.24 bits per heavy atom. The van der Waals surface area contributed by atoms with Crippen molar-refractivity contribution >= 4 is 5.78 Å². The van der Waals surface area contributed by atoms with Crippen molar-refractivity contribution in [3.05, 3.63) is 53.0 Å². The monoisotopic (exact) mass is 288 g/mol. The second-order valence-electron chi connectivity index (χ2n) is 5.24. The number of ketones is 1. The minimum atomic E-state index is 0.0414. The van der Waals surface area contributed by atoms with Gasteiger partial charge in [-0.05, 0) is 63.5 Å². The molecule has 1 aromatic carbocycles. The largest absolute Gasteiger partial charge is 0.490 e. The second kappa shape index (κ2) is 7.67. The first-order chi connectivity index (χ1) is 9.86. The highest BCUT2D eigenvalue weighted by molar-refractivity contribution is 5.94. The number of allylic oxidation sites excluding steroid dienone is 1. The summed E-state index contributed by atoms with van der Waals surface area (Å²) in [5.41, 5.74) is 2.59. The van der Waals surface area contributed by atoms with Gasteiger partial charge in [-0.3, -0.25) is 4.79 Å². The molecule has 21 heavy (non-hydrogen) atoms. The van der Waals surface area contributed by atoms with E-state index in [1.165, 1.54) is 0 Å². The Hall–Kier alpha value is -2.03. The van der Waals surface area contributed by atoms with Gasteiger partial charge in [0.1, 0.15) is 5.75 Å². The van der Waals surface area contributed by atoms with E-state index in [9.17, 15) is 4.79 Å². The van der Waals surface area contributed by atoms with Gasteiger partial charge in [-0.2, -0.15) is 0 Å². The van der Waals surface area contributed by atoms with Crippen LogP contribution in [-0.4, -0.2) is 12.4 Å². The minimum Gasteiger partial charge on any atom is -0.490 e. The first-order valence-corrected chi connectivity index (χ1v) is 7.15. The van der Waals surface area contributed by atoms with E-state index in [1.54, 1.807) is 19.1 Å². The highest BCUT2D eigenvalue weighted by atomic mass is 16.5. The van der Waals surface area contributed by atoms with Crippen LogP contribution < -0.4 is 4.74 Å². The molecule has 1 aromatic rings. The molecule has 0 unspecified atom stereocenters. The molecular weight excluding hydrogens is 264 g/mol. The number of rotatable bonds is 7. The molecule has 0 atom stereocenters. The molecule has 0 radical (unpaired) electrons. The highest BCUT2D eigenvalue weighted by Crippen LogP contribution is 2.25. The Kier molecular flexibility index (Phi) is 6.22. The van der Waals surface area contributed by atoms with Crippen LogP contribution in [0.2, 0.25) is 0 Å². The van der Waals surface area contributed by atoms with Gasteiger partial charge in [0.05, 0.1) is 6.61 Å². The Bertz CT molecular complexity index is 564. The molecule has 114 valence electrons. The molecule has 0 fully saturated rings. The van der Waals surface area contributed by atoms with Crippen LogP contribution in [0.1, 0.15) is 50.0 Å². The molecule has 0 heterocycles. The average Bonchev–Trinajstić information content (AvgIpc) is 2.40. The van der Waals surface area contributed by atoms with Gasteiger partial charge in [-0.1, -0.05) is 13.5 Å². The Morgan fingerprint density at radius 3 is 2.38 bits per heavy atom. The number of carbonyl (C=O) groups is 1. The lowest BCUT2D eigenvalue weighted by atomic mass is 10.1. The molecule has 3 nitrogen and oxygen atoms in total. The first-order valence-electron chi connectivity index (χ1n) is 7.15. The molecule has 0 saturated carbocycles. The maximum absolute atomic E-state index is 11.4. The number of carbonyl (C=O) groups excluding carboxylic acids is 1. The van der Waals surface area contributed by atoms with Crippen molar-refractivity contribution in [1.29, 1.82) is 0 Å². The number of hydrogen-bond donors (Lipinski definition) is 0. The van der Waals surface area contributed by atoms with Crippen molar-refractivity contribution in [2.24, 2.45) is 0 Å². The standard InChI is InChI=1S/C18H24O3/c1-7-10-20-18(12(2)3)15(6)21-17-9-8-16(14(5)19)11-13(17)4/h8-9,11H,6-7,10H2,1-5H3. The molecular formula is C18H24O3. The zero-order valence-electron chi connectivity index (χ0n) is 13.6. The fraction of sp³-hybridized carbons (Fsp3) is 0.389. The zero-order chi connectivity index (χ0) is 16.0. The number of aryl methyl sites for hydroxylation is 1. The zero-order valence-corrected chi connectivity index (χ0v) is 13.6. The number of hydrogen-bond acceptors (Lipinski definition) is 3. The SMILES string of the molecule is C=C(Oc1ccc(C(C)=O)cc1C)C(OCCC)=C(C)C. The summed E-state index contributed by atoms with van der Waals surface area (Å²) in [6.07, 6.45) is 0.927. The second-order valence-corrected chi connectivity index (χ2v) is 5.24. The van der Waals surface area contributed by atoms with Crippen LogP contribution in [0.5, 0.6) is 5.75 Å². The predicted molar refractivity (Wildman–Crippen MR) is 85.6 cm³/mol. The molecule has 0 aromatic heterocycles. The van der Waals surface area contributed by atoms with E-state index in [-0.39, 0.29) is 5.78 Å². The lowest BCUT2D eigenvalue weighted by Crippen LogP contribution is -2.05. The molecule has 0 aliphatic carbocycles. The summed E-state index contributed by atoms with van der Waals surface area (Å²) in [7, 11) is 0. The van der Waals surface area contributed by atoms with Crippen molar-refractivity contribution < 1.29 is 14.3 Å². The van der Waals surface area contributed by atoms with Crippen LogP contribution in [0, 0.1) is 6.92 Å². The summed E-state index contributed by atoms with van der Waals surface area (Å²) >= 11 is 0. The third kappa shape index (κ3) is 4.78. The molecule has 0 bridgehead atoms. The van der Waals surface area contributed by atoms with Crippen LogP contribution in [0.15, 0.2) is 41.9 Å². The first kappa shape index (κ1) is 17.0. The van der Waals surface area contributed by atoms with Gasteiger partial charge in [0.15, 0.2) is 17.3 Å². The summed E-state index contributed by atoms with van der Waals surface area (Å²) in [4.78, 5) is 11.4. The topological polar surface area (TPSA) is 35.5 Å². The van der Waals surface area contributed by atoms with Gasteiger partial charge in [0.25, 0.3) is 0 Å². The summed E-state index contributed by atoms with van der Waals surface area (Å²) in [5, 5.41) is 0. The van der Waals surface area contributed by atoms with Crippen LogP contribution in [0.3, 0.4) is 0 Å². The van der Waals surface area contributed by atoms with Gasteiger partial charge in [0, 0.05) is 5.56 Å². The fourth-order valence-corrected chi connectivity index (χ4v) is 1.87. The van der Waals surface area contributed by atoms with E-state index in [4.69, 9.17) is 9.47 Å². The maximum atomic E-state index is 11.4. The van der Waals surface area contributed by atoms with E-state index in [2.05, 4.69) is 13.5 Å². The molecule has 0 N–H and O–H groups in total. The van der Waals surface area contributed by atoms with Crippen molar-refractivity contribution in [1.82, 2.24) is 0 Å². The average molecular weight is 288 g/mol. The van der Waals surface area contributed by atoms with Crippen molar-refractivity contribution in [3.8, 4) is 5.75 Å². The van der Waals surface area contributed by atoms with Crippen LogP contribution >= 0.6 is 0 Å². The highest BCUT2D eigenvalue weighted by Gasteiger charge is 2.11. The minimum absolute atomic E-state index is 0.0414. The van der Waals surface area contributed by atoms with Crippen molar-refractivity contribution in [2.45, 2.75) is 41.0 Å². The Balaban J connectivity index is 2.92. The molecule has 0 amide bonds. The molecule has 3 heteroatoms. The number of Topliss-reactive ketones (excluding diaryl/α,β-unsaturated/α-hetero) is 1. The van der Waals surface area contributed by atoms with Crippen LogP contribution in [-0.2, 0) is 4.74 Å². The molecule has 0 saturated heterocycles. The lowest BCUT2D eigenvalue weighted by Gasteiger charge is -2.16. The lowest BCUT2D eigenvalue weighted by molar-refractivity contribution is 0.101. The third-order valence-corrected chi connectivity index (χ3v) is 2.97. The summed E-state index contributed by atoms with van der Waals surface area (Å²) in [6.45, 7) is 14.0. The van der Waals surface area contributed by atoms with E-state index >= 15 is 0 Å². The van der Waals surface area contributed by atoms with Gasteiger partial charge >= 0.3 is 0 Å². The normalized spacial score (nSPS) is 9.95. The molecule has 0 aliphatic rings. The van der Waals surface area contributed by atoms with Gasteiger partial charge in [-0.25, -0.2) is 0 Å². The van der Waals surface area contributed by atoms with Gasteiger partial charge in [-0.15, -0.1) is 0 Å². The summed E-state index contributed by atoms with van der Waals surface area (Å²) in [6, 6.07) is 5.37. The Labute approximate surface area is 127 Å². The van der Waals surface area contributed by atoms with E-state index in [0.29, 0.717) is 29.4 Å². The maximum Gasteiger partial charge on any atom is 0.162 e. The van der Waals surface area contributed by atoms with Gasteiger partial charge < -0.3 is 9.47 Å². The molecule has 0 aliphatic heterocycles. The molecule has 0 spiro atoms. The van der Waals surface area contributed by atoms with E-state index in [0.717, 1.165) is 17.6 Å². The fourth-order valence-electron chi connectivity index (χ4n) is 1.87. The summed E-state index contributed by atoms with van der Waals surface area (Å²) < 4.78 is 11.5. The van der Waals surface area contributed by atoms with Crippen LogP contribution in [0.25, 0.3) is 0 Å². The smallest absolute Gasteiger partial charge is 0.162 e. The quantitative estimate of drug-likeness (QED) is 0.410. The van der Waals surface area contributed by atoms with Crippen LogP contribution in [0.4, 0.5) is 0 Å². The Morgan fingerprint density at radius 2 is 1.90 bits per heavy atom. The molecule has 1 rings (SSSR count). The number of ether oxygens (including phenoxy) is 2. The van der Waals surface area contributed by atoms with Crippen molar-refractivity contribution in [3.63, 3.8) is 0 Å². The van der Waals surface area contributed by atoms with Gasteiger partial charge in [0.2, 0.25) is 0 Å². The van der Waals surface area contributed by atoms with Crippen molar-refractivity contribution in [2.75, 3.05) is 6.61 Å². The number of benzene rings is 1.